The van der Waals surface area contributed by atoms with Crippen molar-refractivity contribution >= 4 is 17.8 Å². The maximum Gasteiger partial charge on any atom is 0.410 e. The molecule has 3 saturated heterocycles. The van der Waals surface area contributed by atoms with Gasteiger partial charge in [-0.1, -0.05) is 68.7 Å². The first-order valence-corrected chi connectivity index (χ1v) is 21.7. The minimum Gasteiger partial charge on any atom is -0.458 e. The van der Waals surface area contributed by atoms with E-state index in [1.54, 1.807) is 30.7 Å². The van der Waals surface area contributed by atoms with Gasteiger partial charge < -0.3 is 28.4 Å². The fraction of sp³-hybridized carbons (Fsp3) is 0.717. The number of amides is 1. The lowest BCUT2D eigenvalue weighted by atomic mass is 9.76. The molecular weight excluding hydrogens is 721 g/mol. The topological polar surface area (TPSA) is 122 Å². The fourth-order valence-corrected chi connectivity index (χ4v) is 8.01. The van der Waals surface area contributed by atoms with Crippen LogP contribution < -0.4 is 0 Å². The summed E-state index contributed by atoms with van der Waals surface area (Å²) in [7, 11) is 1.67. The van der Waals surface area contributed by atoms with Gasteiger partial charge in [-0.15, -0.1) is 13.2 Å². The number of imidazole rings is 1. The van der Waals surface area contributed by atoms with Crippen LogP contribution in [0.5, 0.6) is 0 Å². The molecule has 324 valence electrons. The van der Waals surface area contributed by atoms with Crippen molar-refractivity contribution in [2.45, 2.75) is 170 Å². The highest BCUT2D eigenvalue weighted by atomic mass is 16.6. The summed E-state index contributed by atoms with van der Waals surface area (Å²) in [6.45, 7) is 30.0. The van der Waals surface area contributed by atoms with Crippen LogP contribution in [0.1, 0.15) is 134 Å². The SMILES string of the molecule is C=C.CC.CC.CC1CCOC(C)C1.CC[C@H]1OC(=O)C(C)CCCC(OC)C[C@@H](C)C(=O)C(C)C2N(CCCCn3cnc(-c4cccnc4)c3)C(=O)O[C@@]21C. The van der Waals surface area contributed by atoms with Crippen molar-refractivity contribution in [3.63, 3.8) is 0 Å². The molecule has 0 bridgehead atoms. The van der Waals surface area contributed by atoms with Crippen molar-refractivity contribution in [1.29, 1.82) is 0 Å². The number of carbonyl (C=O) groups excluding carboxylic acids is 3. The summed E-state index contributed by atoms with van der Waals surface area (Å²) in [6, 6.07) is 3.29. The van der Waals surface area contributed by atoms with E-state index in [0.717, 1.165) is 49.6 Å². The van der Waals surface area contributed by atoms with Gasteiger partial charge in [0.15, 0.2) is 5.60 Å². The smallest absolute Gasteiger partial charge is 0.410 e. The lowest BCUT2D eigenvalue weighted by Crippen LogP contribution is -2.57. The molecule has 11 nitrogen and oxygen atoms in total. The summed E-state index contributed by atoms with van der Waals surface area (Å²) in [5.74, 6) is -0.408. The van der Waals surface area contributed by atoms with E-state index in [1.807, 2.05) is 85.2 Å². The van der Waals surface area contributed by atoms with Crippen molar-refractivity contribution in [2.75, 3.05) is 20.3 Å². The van der Waals surface area contributed by atoms with Crippen LogP contribution in [-0.4, -0.2) is 87.5 Å². The molecule has 3 aliphatic rings. The first-order chi connectivity index (χ1) is 27.4. The number of aryl methyl sites for hydroxylation is 1. The van der Waals surface area contributed by atoms with E-state index in [4.69, 9.17) is 18.9 Å². The zero-order valence-electron chi connectivity index (χ0n) is 37.6. The summed E-state index contributed by atoms with van der Waals surface area (Å²) in [5, 5.41) is 0. The van der Waals surface area contributed by atoms with Gasteiger partial charge in [0.25, 0.3) is 0 Å². The molecule has 5 heterocycles. The van der Waals surface area contributed by atoms with Gasteiger partial charge >= 0.3 is 12.1 Å². The fourth-order valence-electron chi connectivity index (χ4n) is 8.01. The Labute approximate surface area is 345 Å². The minimum atomic E-state index is -1.16. The van der Waals surface area contributed by atoms with Crippen LogP contribution in [0.15, 0.2) is 50.2 Å². The maximum atomic E-state index is 13.9. The molecule has 5 rings (SSSR count). The Kier molecular flexibility index (Phi) is 24.5. The highest BCUT2D eigenvalue weighted by molar-refractivity contribution is 5.85. The Balaban J connectivity index is 0.000000999. The Bertz CT molecular complexity index is 1410. The molecule has 0 radical (unpaired) electrons. The zero-order valence-corrected chi connectivity index (χ0v) is 37.6. The summed E-state index contributed by atoms with van der Waals surface area (Å²) in [5.41, 5.74) is 0.654. The number of hydrogen-bond donors (Lipinski definition) is 0. The predicted molar refractivity (Wildman–Crippen MR) is 230 cm³/mol. The van der Waals surface area contributed by atoms with E-state index in [9.17, 15) is 14.4 Å². The van der Waals surface area contributed by atoms with Crippen LogP contribution >= 0.6 is 0 Å². The molecule has 9 atom stereocenters. The number of ketones is 1. The average Bonchev–Trinajstić information content (AvgIpc) is 3.81. The number of ether oxygens (including phenoxy) is 4. The summed E-state index contributed by atoms with van der Waals surface area (Å²) in [6.07, 6.45) is 13.9. The number of Topliss-reactive ketones (excluding diaryl/α,β-unsaturated/α-hetero) is 1. The Morgan fingerprint density at radius 2 is 1.63 bits per heavy atom. The Morgan fingerprint density at radius 3 is 2.21 bits per heavy atom. The largest absolute Gasteiger partial charge is 0.458 e. The van der Waals surface area contributed by atoms with E-state index in [0.29, 0.717) is 38.3 Å². The quantitative estimate of drug-likeness (QED) is 0.146. The van der Waals surface area contributed by atoms with Crippen molar-refractivity contribution in [1.82, 2.24) is 19.4 Å². The van der Waals surface area contributed by atoms with Crippen molar-refractivity contribution < 1.29 is 33.3 Å². The molecule has 2 aromatic rings. The number of pyridine rings is 1. The Hall–Kier alpha value is -3.57. The van der Waals surface area contributed by atoms with Crippen LogP contribution in [0.4, 0.5) is 4.79 Å². The number of nitrogens with zero attached hydrogens (tertiary/aromatic N) is 4. The third-order valence-electron chi connectivity index (χ3n) is 11.1. The number of rotatable bonds is 8. The molecule has 57 heavy (non-hydrogen) atoms. The van der Waals surface area contributed by atoms with Crippen LogP contribution in [0, 0.1) is 23.7 Å². The van der Waals surface area contributed by atoms with Gasteiger partial charge in [-0.3, -0.25) is 14.6 Å². The molecule has 11 heteroatoms. The lowest BCUT2D eigenvalue weighted by Gasteiger charge is -2.40. The highest BCUT2D eigenvalue weighted by Gasteiger charge is 2.59. The summed E-state index contributed by atoms with van der Waals surface area (Å²) in [4.78, 5) is 50.9. The maximum absolute atomic E-state index is 13.9. The molecule has 0 N–H and O–H groups in total. The van der Waals surface area contributed by atoms with Gasteiger partial charge in [0.1, 0.15) is 11.9 Å². The second-order valence-corrected chi connectivity index (χ2v) is 15.3. The summed E-state index contributed by atoms with van der Waals surface area (Å²) < 4.78 is 25.2. The van der Waals surface area contributed by atoms with Crippen LogP contribution in [0.3, 0.4) is 0 Å². The third-order valence-corrected chi connectivity index (χ3v) is 11.1. The third kappa shape index (κ3) is 15.3. The number of methoxy groups -OCH3 is 1. The zero-order chi connectivity index (χ0) is 43.1. The molecular formula is C46H78N4O7. The number of hydrogen-bond acceptors (Lipinski definition) is 9. The van der Waals surface area contributed by atoms with E-state index in [2.05, 4.69) is 37.0 Å². The average molecular weight is 799 g/mol. The number of unbranched alkanes of at least 4 members (excludes halogenated alkanes) is 1. The highest BCUT2D eigenvalue weighted by Crippen LogP contribution is 2.41. The van der Waals surface area contributed by atoms with Gasteiger partial charge in [0.2, 0.25) is 0 Å². The number of esters is 1. The number of aromatic nitrogens is 3. The van der Waals surface area contributed by atoms with Crippen LogP contribution in [0.2, 0.25) is 0 Å². The molecule has 1 amide bonds. The van der Waals surface area contributed by atoms with Gasteiger partial charge in [0, 0.05) is 62.8 Å². The van der Waals surface area contributed by atoms with Gasteiger partial charge in [-0.2, -0.15) is 0 Å². The van der Waals surface area contributed by atoms with Crippen LogP contribution in [0.25, 0.3) is 11.3 Å². The molecule has 0 saturated carbocycles. The first-order valence-electron chi connectivity index (χ1n) is 21.7. The van der Waals surface area contributed by atoms with E-state index < -0.39 is 29.8 Å². The second kappa shape index (κ2) is 27.2. The molecule has 0 spiro atoms. The number of cyclic esters (lactones) is 1. The van der Waals surface area contributed by atoms with Crippen molar-refractivity contribution in [2.24, 2.45) is 23.7 Å². The van der Waals surface area contributed by atoms with Crippen molar-refractivity contribution in [3.05, 3.63) is 50.2 Å². The van der Waals surface area contributed by atoms with E-state index in [1.165, 1.54) is 12.8 Å². The second-order valence-electron chi connectivity index (χ2n) is 15.3. The van der Waals surface area contributed by atoms with Gasteiger partial charge in [-0.25, -0.2) is 9.78 Å². The monoisotopic (exact) mass is 799 g/mol. The Morgan fingerprint density at radius 1 is 0.947 bits per heavy atom. The van der Waals surface area contributed by atoms with Crippen LogP contribution in [-0.2, 0) is 35.1 Å². The van der Waals surface area contributed by atoms with Gasteiger partial charge in [0.05, 0.1) is 36.2 Å². The normalized spacial score (nSPS) is 29.1. The molecule has 0 aliphatic carbocycles. The molecule has 3 aliphatic heterocycles. The molecule has 2 aromatic heterocycles. The standard InChI is InChI=1S/C33H48N4O6.C7H14O.2C2H6.C2H4/c1-7-28-33(5)30(24(4)29(38)23(3)18-26(41-6)14-10-12-22(2)31(39)42-28)37(32(40)43-33)17-9-8-16-36-20-27(35-21-36)25-13-11-15-34-19-25;1-6-3-4-8-7(2)5-6;3*1-2/h11,13,15,19-24,26,28,30H,7-10,12,14,16-18H2,1-6H3;6-7H,3-5H2,1-2H3;2*1-2H3;1-2H2/t22?,23-,24?,26?,28-,30?,33-;;;;/m1..../s1. The molecule has 6 unspecified atom stereocenters. The van der Waals surface area contributed by atoms with Gasteiger partial charge in [-0.05, 0) is 83.3 Å². The molecule has 3 fully saturated rings. The number of fused-ring (bicyclic) bond motifs is 1. The van der Waals surface area contributed by atoms with Crippen molar-refractivity contribution in [3.8, 4) is 11.3 Å². The number of carbonyl (C=O) groups is 3. The first kappa shape index (κ1) is 51.4. The van der Waals surface area contributed by atoms with E-state index >= 15 is 0 Å². The predicted octanol–water partition coefficient (Wildman–Crippen LogP) is 10.4. The molecule has 0 aromatic carbocycles. The van der Waals surface area contributed by atoms with E-state index in [-0.39, 0.29) is 29.7 Å². The summed E-state index contributed by atoms with van der Waals surface area (Å²) >= 11 is 0. The minimum absolute atomic E-state index is 0.0644. The lowest BCUT2D eigenvalue weighted by molar-refractivity contribution is -0.169.